The third-order valence-corrected chi connectivity index (χ3v) is 5.80. The van der Waals surface area contributed by atoms with Crippen molar-refractivity contribution in [1.29, 1.82) is 0 Å². The molecule has 11 nitrogen and oxygen atoms in total. The summed E-state index contributed by atoms with van der Waals surface area (Å²) < 4.78 is 3.73. The second-order valence-electron chi connectivity index (χ2n) is 8.16. The molecule has 0 saturated heterocycles. The van der Waals surface area contributed by atoms with Gasteiger partial charge in [-0.25, -0.2) is 0 Å². The number of primary amides is 1. The number of hydrogen-bond acceptors (Lipinski definition) is 8. The van der Waals surface area contributed by atoms with E-state index < -0.39 is 5.91 Å². The van der Waals surface area contributed by atoms with Gasteiger partial charge in [0.2, 0.25) is 5.95 Å². The topological polar surface area (TPSA) is 155 Å². The Balaban J connectivity index is 1.47. The summed E-state index contributed by atoms with van der Waals surface area (Å²) in [6, 6.07) is 9.71. The van der Waals surface area contributed by atoms with Crippen LogP contribution in [0.5, 0.6) is 0 Å². The van der Waals surface area contributed by atoms with Gasteiger partial charge >= 0.3 is 0 Å². The second-order valence-corrected chi connectivity index (χ2v) is 8.16. The molecule has 4 aromatic rings. The van der Waals surface area contributed by atoms with Crippen molar-refractivity contribution in [2.45, 2.75) is 24.8 Å². The first-order valence-corrected chi connectivity index (χ1v) is 10.4. The second kappa shape index (κ2) is 7.61. The third-order valence-electron chi connectivity index (χ3n) is 5.80. The van der Waals surface area contributed by atoms with Gasteiger partial charge in [-0.15, -0.1) is 10.2 Å². The van der Waals surface area contributed by atoms with Gasteiger partial charge in [-0.05, 0) is 37.5 Å². The maximum absolute atomic E-state index is 11.9. The van der Waals surface area contributed by atoms with Crippen molar-refractivity contribution in [1.82, 2.24) is 29.5 Å². The fraction of sp³-hybridized carbons (Fsp3) is 0.286. The van der Waals surface area contributed by atoms with E-state index in [-0.39, 0.29) is 23.0 Å². The molecule has 32 heavy (non-hydrogen) atoms. The smallest absolute Gasteiger partial charge is 0.273 e. The summed E-state index contributed by atoms with van der Waals surface area (Å²) >= 11 is 0. The number of amides is 1. The summed E-state index contributed by atoms with van der Waals surface area (Å²) in [6.07, 6.45) is 6.85. The Morgan fingerprint density at radius 3 is 2.72 bits per heavy atom. The SMILES string of the molecule is Cn1ccc(-n2ccc3c(Nc4nc(NCC5(N)CCC5)nnc4C(N)=O)cccc32)n1. The monoisotopic (exact) mass is 432 g/mol. The van der Waals surface area contributed by atoms with Crippen molar-refractivity contribution < 1.29 is 4.79 Å². The highest BCUT2D eigenvalue weighted by Crippen LogP contribution is 2.30. The highest BCUT2D eigenvalue weighted by molar-refractivity contribution is 5.99. The van der Waals surface area contributed by atoms with Crippen molar-refractivity contribution >= 4 is 34.3 Å². The minimum atomic E-state index is -0.716. The molecule has 0 radical (unpaired) electrons. The van der Waals surface area contributed by atoms with E-state index in [4.69, 9.17) is 11.5 Å². The van der Waals surface area contributed by atoms with Gasteiger partial charge in [0.25, 0.3) is 5.91 Å². The quantitative estimate of drug-likeness (QED) is 0.344. The Morgan fingerprint density at radius 1 is 1.19 bits per heavy atom. The van der Waals surface area contributed by atoms with E-state index in [1.807, 2.05) is 54.3 Å². The zero-order valence-electron chi connectivity index (χ0n) is 17.6. The van der Waals surface area contributed by atoms with E-state index in [0.29, 0.717) is 6.54 Å². The molecule has 1 aromatic carbocycles. The lowest BCUT2D eigenvalue weighted by atomic mass is 9.78. The first kappa shape index (κ1) is 19.9. The Labute approximate surface area is 183 Å². The van der Waals surface area contributed by atoms with Crippen LogP contribution in [0.1, 0.15) is 29.8 Å². The highest BCUT2D eigenvalue weighted by atomic mass is 16.1. The van der Waals surface area contributed by atoms with Crippen LogP contribution in [0.2, 0.25) is 0 Å². The first-order valence-electron chi connectivity index (χ1n) is 10.4. The van der Waals surface area contributed by atoms with E-state index >= 15 is 0 Å². The van der Waals surface area contributed by atoms with Crippen LogP contribution in [0.3, 0.4) is 0 Å². The number of rotatable bonds is 7. The lowest BCUT2D eigenvalue weighted by Gasteiger charge is -2.38. The molecule has 5 rings (SSSR count). The van der Waals surface area contributed by atoms with E-state index in [0.717, 1.165) is 41.7 Å². The number of carbonyl (C=O) groups excluding carboxylic acids is 1. The van der Waals surface area contributed by atoms with Gasteiger partial charge in [0.05, 0.1) is 5.52 Å². The zero-order valence-corrected chi connectivity index (χ0v) is 17.6. The molecule has 1 aliphatic rings. The van der Waals surface area contributed by atoms with Gasteiger partial charge in [-0.2, -0.15) is 10.1 Å². The Bertz CT molecular complexity index is 1300. The Hall–Kier alpha value is -3.99. The molecule has 164 valence electrons. The van der Waals surface area contributed by atoms with Gasteiger partial charge in [-0.1, -0.05) is 6.07 Å². The molecule has 0 spiro atoms. The van der Waals surface area contributed by atoms with E-state index in [2.05, 4.69) is 30.9 Å². The molecule has 11 heteroatoms. The Morgan fingerprint density at radius 2 is 2.03 bits per heavy atom. The minimum absolute atomic E-state index is 0.0391. The standard InChI is InChI=1S/C21H24N10O/c1-30-10-7-16(29-30)31-11-6-13-14(4-2-5-15(13)31)25-19-17(18(22)32)27-28-20(26-19)24-12-21(23)8-3-9-21/h2,4-7,10-11H,3,8-9,12,23H2,1H3,(H2,22,32)(H2,24,25,26,28). The predicted octanol–water partition coefficient (Wildman–Crippen LogP) is 1.68. The molecule has 1 amide bonds. The molecular weight excluding hydrogens is 408 g/mol. The van der Waals surface area contributed by atoms with E-state index in [9.17, 15) is 4.79 Å². The summed E-state index contributed by atoms with van der Waals surface area (Å²) in [4.78, 5) is 16.4. The molecule has 3 heterocycles. The van der Waals surface area contributed by atoms with Crippen LogP contribution in [-0.2, 0) is 7.05 Å². The van der Waals surface area contributed by atoms with Gasteiger partial charge in [0, 0.05) is 48.7 Å². The molecule has 0 atom stereocenters. The number of nitrogens with two attached hydrogens (primary N) is 2. The number of hydrogen-bond donors (Lipinski definition) is 4. The normalized spacial score (nSPS) is 14.8. The number of benzene rings is 1. The average molecular weight is 432 g/mol. The fourth-order valence-corrected chi connectivity index (χ4v) is 3.85. The van der Waals surface area contributed by atoms with Crippen molar-refractivity contribution in [3.8, 4) is 5.82 Å². The van der Waals surface area contributed by atoms with Gasteiger partial charge in [0.1, 0.15) is 0 Å². The van der Waals surface area contributed by atoms with Crippen LogP contribution < -0.4 is 22.1 Å². The summed E-state index contributed by atoms with van der Waals surface area (Å²) in [5.74, 6) is 0.603. The number of fused-ring (bicyclic) bond motifs is 1. The summed E-state index contributed by atoms with van der Waals surface area (Å²) in [5, 5.41) is 19.7. The number of carbonyl (C=O) groups is 1. The molecule has 0 bridgehead atoms. The molecule has 1 aliphatic carbocycles. The molecular formula is C21H24N10O. The largest absolute Gasteiger partial charge is 0.364 e. The summed E-state index contributed by atoms with van der Waals surface area (Å²) in [6.45, 7) is 0.534. The fourth-order valence-electron chi connectivity index (χ4n) is 3.85. The lowest BCUT2D eigenvalue weighted by molar-refractivity contribution is 0.0995. The highest BCUT2D eigenvalue weighted by Gasteiger charge is 2.32. The number of aryl methyl sites for hydroxylation is 1. The number of aromatic nitrogens is 6. The Kier molecular flexibility index (Phi) is 4.74. The number of nitrogens with one attached hydrogen (secondary N) is 2. The number of anilines is 3. The van der Waals surface area contributed by atoms with E-state index in [1.54, 1.807) is 4.68 Å². The predicted molar refractivity (Wildman–Crippen MR) is 121 cm³/mol. The van der Waals surface area contributed by atoms with Gasteiger partial charge < -0.3 is 22.1 Å². The summed E-state index contributed by atoms with van der Waals surface area (Å²) in [7, 11) is 1.87. The van der Waals surface area contributed by atoms with Crippen molar-refractivity contribution in [3.63, 3.8) is 0 Å². The maximum Gasteiger partial charge on any atom is 0.273 e. The average Bonchev–Trinajstić information content (AvgIpc) is 3.37. The lowest BCUT2D eigenvalue weighted by Crippen LogP contribution is -2.52. The van der Waals surface area contributed by atoms with Crippen LogP contribution >= 0.6 is 0 Å². The van der Waals surface area contributed by atoms with Crippen LogP contribution in [0.4, 0.5) is 17.5 Å². The first-order chi connectivity index (χ1) is 15.4. The van der Waals surface area contributed by atoms with E-state index in [1.165, 1.54) is 0 Å². The van der Waals surface area contributed by atoms with Gasteiger partial charge in [0.15, 0.2) is 17.3 Å². The van der Waals surface area contributed by atoms with Crippen molar-refractivity contribution in [3.05, 3.63) is 48.4 Å². The molecule has 6 N–H and O–H groups in total. The maximum atomic E-state index is 11.9. The molecule has 0 unspecified atom stereocenters. The van der Waals surface area contributed by atoms with Crippen LogP contribution in [0.25, 0.3) is 16.7 Å². The number of nitrogens with zero attached hydrogens (tertiary/aromatic N) is 6. The van der Waals surface area contributed by atoms with Crippen LogP contribution in [0.15, 0.2) is 42.7 Å². The zero-order chi connectivity index (χ0) is 22.3. The molecule has 0 aliphatic heterocycles. The van der Waals surface area contributed by atoms with Crippen LogP contribution in [-0.4, -0.2) is 47.5 Å². The van der Waals surface area contributed by atoms with Crippen molar-refractivity contribution in [2.24, 2.45) is 18.5 Å². The van der Waals surface area contributed by atoms with Gasteiger partial charge in [-0.3, -0.25) is 14.0 Å². The van der Waals surface area contributed by atoms with Crippen LogP contribution in [0, 0.1) is 0 Å². The third kappa shape index (κ3) is 3.62. The summed E-state index contributed by atoms with van der Waals surface area (Å²) in [5.41, 5.74) is 13.2. The molecule has 1 fully saturated rings. The molecule has 3 aromatic heterocycles. The molecule has 1 saturated carbocycles. The van der Waals surface area contributed by atoms with Crippen molar-refractivity contribution in [2.75, 3.05) is 17.2 Å². The minimum Gasteiger partial charge on any atom is -0.364 e.